The topological polar surface area (TPSA) is 64.7 Å². The van der Waals surface area contributed by atoms with Crippen molar-refractivity contribution in [3.05, 3.63) is 60.8 Å². The summed E-state index contributed by atoms with van der Waals surface area (Å²) in [4.78, 5) is 8.68. The second-order valence-electron chi connectivity index (χ2n) is 4.58. The number of hydrogen-bond acceptors (Lipinski definition) is 5. The summed E-state index contributed by atoms with van der Waals surface area (Å²) in [5.41, 5.74) is 4.81. The Morgan fingerprint density at radius 2 is 1.43 bits per heavy atom. The predicted molar refractivity (Wildman–Crippen MR) is 78.3 cm³/mol. The molecule has 0 saturated heterocycles. The van der Waals surface area contributed by atoms with Crippen LogP contribution in [-0.4, -0.2) is 20.3 Å². The lowest BCUT2D eigenvalue weighted by Gasteiger charge is -2.08. The normalized spacial score (nSPS) is 10.9. The maximum Gasteiger partial charge on any atom is 0.243 e. The van der Waals surface area contributed by atoms with Crippen molar-refractivity contribution < 1.29 is 4.63 Å². The van der Waals surface area contributed by atoms with Gasteiger partial charge in [-0.15, -0.1) is 0 Å². The molecule has 100 valence electrons. The van der Waals surface area contributed by atoms with Gasteiger partial charge in [-0.25, -0.2) is 14.6 Å². The minimum absolute atomic E-state index is 0.412. The van der Waals surface area contributed by atoms with Crippen LogP contribution in [0.25, 0.3) is 33.7 Å². The second kappa shape index (κ2) is 4.79. The predicted octanol–water partition coefficient (Wildman–Crippen LogP) is 3.35. The molecule has 4 aromatic rings. The van der Waals surface area contributed by atoms with Crippen LogP contribution in [0.5, 0.6) is 0 Å². The Kier molecular flexibility index (Phi) is 2.67. The highest BCUT2D eigenvalue weighted by Gasteiger charge is 2.11. The Morgan fingerprint density at radius 1 is 0.714 bits per heavy atom. The molecule has 0 aliphatic rings. The number of benzene rings is 2. The van der Waals surface area contributed by atoms with E-state index < -0.39 is 0 Å². The van der Waals surface area contributed by atoms with Crippen molar-refractivity contribution in [2.24, 2.45) is 0 Å². The van der Waals surface area contributed by atoms with E-state index in [1.54, 1.807) is 6.20 Å². The maximum absolute atomic E-state index is 4.65. The SMILES string of the molecule is c1ccc(-c2ccccc2-c2cnc3nonc3n2)cc1. The van der Waals surface area contributed by atoms with Crippen molar-refractivity contribution in [3.63, 3.8) is 0 Å². The zero-order chi connectivity index (χ0) is 14.1. The lowest BCUT2D eigenvalue weighted by atomic mass is 9.98. The molecular formula is C16H10N4O. The highest BCUT2D eigenvalue weighted by Crippen LogP contribution is 2.30. The van der Waals surface area contributed by atoms with Gasteiger partial charge in [-0.3, -0.25) is 0 Å². The fourth-order valence-corrected chi connectivity index (χ4v) is 2.30. The molecule has 0 atom stereocenters. The number of aromatic nitrogens is 4. The molecule has 0 saturated carbocycles. The largest absolute Gasteiger partial charge is 0.243 e. The lowest BCUT2D eigenvalue weighted by molar-refractivity contribution is 0.314. The molecule has 4 rings (SSSR count). The van der Waals surface area contributed by atoms with Crippen molar-refractivity contribution in [2.45, 2.75) is 0 Å². The van der Waals surface area contributed by atoms with Crippen LogP contribution in [0, 0.1) is 0 Å². The summed E-state index contributed by atoms with van der Waals surface area (Å²) in [6.07, 6.45) is 1.69. The number of nitrogens with zero attached hydrogens (tertiary/aromatic N) is 4. The third kappa shape index (κ3) is 2.04. The van der Waals surface area contributed by atoms with Crippen molar-refractivity contribution in [1.29, 1.82) is 0 Å². The lowest BCUT2D eigenvalue weighted by Crippen LogP contribution is -1.90. The van der Waals surface area contributed by atoms with Crippen LogP contribution in [0.1, 0.15) is 0 Å². The molecule has 21 heavy (non-hydrogen) atoms. The molecule has 0 fully saturated rings. The van der Waals surface area contributed by atoms with E-state index in [2.05, 4.69) is 43.1 Å². The first-order valence-electron chi connectivity index (χ1n) is 6.52. The molecule has 0 aliphatic carbocycles. The van der Waals surface area contributed by atoms with Crippen LogP contribution in [0.2, 0.25) is 0 Å². The molecule has 2 aromatic carbocycles. The van der Waals surface area contributed by atoms with Gasteiger partial charge < -0.3 is 0 Å². The quantitative estimate of drug-likeness (QED) is 0.561. The highest BCUT2D eigenvalue weighted by molar-refractivity contribution is 5.82. The van der Waals surface area contributed by atoms with E-state index in [-0.39, 0.29) is 0 Å². The molecule has 0 bridgehead atoms. The maximum atomic E-state index is 4.65. The van der Waals surface area contributed by atoms with Crippen LogP contribution in [0.3, 0.4) is 0 Å². The number of rotatable bonds is 2. The van der Waals surface area contributed by atoms with Gasteiger partial charge in [0.25, 0.3) is 0 Å². The molecule has 2 aromatic heterocycles. The third-order valence-electron chi connectivity index (χ3n) is 3.28. The molecule has 2 heterocycles. The van der Waals surface area contributed by atoms with Gasteiger partial charge in [-0.05, 0) is 21.4 Å². The van der Waals surface area contributed by atoms with Gasteiger partial charge in [0.1, 0.15) is 0 Å². The Balaban J connectivity index is 1.92. The van der Waals surface area contributed by atoms with E-state index in [1.807, 2.05) is 36.4 Å². The molecular weight excluding hydrogens is 264 g/mol. The van der Waals surface area contributed by atoms with Crippen molar-refractivity contribution in [2.75, 3.05) is 0 Å². The van der Waals surface area contributed by atoms with Gasteiger partial charge in [0.05, 0.1) is 11.9 Å². The smallest absolute Gasteiger partial charge is 0.240 e. The first-order valence-corrected chi connectivity index (χ1v) is 6.52. The fraction of sp³-hybridized carbons (Fsp3) is 0. The number of hydrogen-bond donors (Lipinski definition) is 0. The van der Waals surface area contributed by atoms with Gasteiger partial charge in [0.15, 0.2) is 0 Å². The van der Waals surface area contributed by atoms with Gasteiger partial charge in [0.2, 0.25) is 11.3 Å². The molecule has 0 unspecified atom stereocenters. The Morgan fingerprint density at radius 3 is 2.29 bits per heavy atom. The van der Waals surface area contributed by atoms with Gasteiger partial charge in [0, 0.05) is 5.56 Å². The minimum Gasteiger partial charge on any atom is -0.240 e. The molecule has 0 radical (unpaired) electrons. The van der Waals surface area contributed by atoms with Crippen molar-refractivity contribution in [3.8, 4) is 22.4 Å². The zero-order valence-electron chi connectivity index (χ0n) is 11.0. The van der Waals surface area contributed by atoms with Crippen molar-refractivity contribution in [1.82, 2.24) is 20.3 Å². The minimum atomic E-state index is 0.412. The Labute approximate surface area is 120 Å². The average molecular weight is 274 g/mol. The first kappa shape index (κ1) is 11.7. The van der Waals surface area contributed by atoms with Crippen molar-refractivity contribution >= 4 is 11.3 Å². The average Bonchev–Trinajstić information content (AvgIpc) is 3.03. The van der Waals surface area contributed by atoms with E-state index in [4.69, 9.17) is 0 Å². The molecule has 0 amide bonds. The molecule has 0 aliphatic heterocycles. The second-order valence-corrected chi connectivity index (χ2v) is 4.58. The third-order valence-corrected chi connectivity index (χ3v) is 3.28. The highest BCUT2D eigenvalue weighted by atomic mass is 16.6. The number of fused-ring (bicyclic) bond motifs is 1. The Hall–Kier alpha value is -3.08. The molecule has 5 heteroatoms. The standard InChI is InChI=1S/C16H10N4O/c1-2-6-11(7-3-1)12-8-4-5-9-13(12)14-10-17-15-16(18-14)20-21-19-15/h1-10H. The summed E-state index contributed by atoms with van der Waals surface area (Å²) in [5, 5.41) is 7.42. The summed E-state index contributed by atoms with van der Waals surface area (Å²) in [6.45, 7) is 0. The summed E-state index contributed by atoms with van der Waals surface area (Å²) in [5.74, 6) is 0. The molecule has 0 spiro atoms. The summed E-state index contributed by atoms with van der Waals surface area (Å²) < 4.78 is 4.65. The Bertz CT molecular complexity index is 902. The molecule has 0 N–H and O–H groups in total. The van der Waals surface area contributed by atoms with Crippen LogP contribution in [0.15, 0.2) is 65.4 Å². The van der Waals surface area contributed by atoms with E-state index >= 15 is 0 Å². The summed E-state index contributed by atoms with van der Waals surface area (Å²) in [6, 6.07) is 18.3. The molecule has 5 nitrogen and oxygen atoms in total. The van der Waals surface area contributed by atoms with E-state index in [0.717, 1.165) is 22.4 Å². The van der Waals surface area contributed by atoms with Crippen LogP contribution in [-0.2, 0) is 0 Å². The van der Waals surface area contributed by atoms with Gasteiger partial charge >= 0.3 is 0 Å². The summed E-state index contributed by atoms with van der Waals surface area (Å²) >= 11 is 0. The fourth-order valence-electron chi connectivity index (χ4n) is 2.30. The van der Waals surface area contributed by atoms with Crippen LogP contribution >= 0.6 is 0 Å². The van der Waals surface area contributed by atoms with E-state index in [9.17, 15) is 0 Å². The van der Waals surface area contributed by atoms with E-state index in [0.29, 0.717) is 11.3 Å². The summed E-state index contributed by atoms with van der Waals surface area (Å²) in [7, 11) is 0. The van der Waals surface area contributed by atoms with Crippen LogP contribution in [0.4, 0.5) is 0 Å². The monoisotopic (exact) mass is 274 g/mol. The first-order chi connectivity index (χ1) is 10.4. The van der Waals surface area contributed by atoms with Gasteiger partial charge in [-0.2, -0.15) is 0 Å². The zero-order valence-corrected chi connectivity index (χ0v) is 11.0. The van der Waals surface area contributed by atoms with E-state index in [1.165, 1.54) is 0 Å². The van der Waals surface area contributed by atoms with Gasteiger partial charge in [-0.1, -0.05) is 54.6 Å². The van der Waals surface area contributed by atoms with Crippen LogP contribution < -0.4 is 0 Å².